The zero-order valence-corrected chi connectivity index (χ0v) is 13.3. The lowest BCUT2D eigenvalue weighted by molar-refractivity contribution is -0.137. The zero-order chi connectivity index (χ0) is 16.1. The van der Waals surface area contributed by atoms with E-state index in [1.165, 1.54) is 11.3 Å². The van der Waals surface area contributed by atoms with Gasteiger partial charge in [-0.3, -0.25) is 9.59 Å². The van der Waals surface area contributed by atoms with Crippen LogP contribution in [-0.4, -0.2) is 28.0 Å². The second-order valence-corrected chi connectivity index (χ2v) is 6.24. The van der Waals surface area contributed by atoms with Crippen LogP contribution in [0.4, 0.5) is 0 Å². The van der Waals surface area contributed by atoms with Gasteiger partial charge in [0.05, 0.1) is 17.1 Å². The first-order valence-electron chi connectivity index (χ1n) is 6.98. The van der Waals surface area contributed by atoms with Crippen molar-refractivity contribution in [1.82, 2.24) is 10.3 Å². The maximum atomic E-state index is 12.2. The van der Waals surface area contributed by atoms with Crippen LogP contribution < -0.4 is 5.32 Å². The average molecular weight is 318 g/mol. The predicted octanol–water partition coefficient (Wildman–Crippen LogP) is 2.64. The molecule has 5 nitrogen and oxygen atoms in total. The van der Waals surface area contributed by atoms with E-state index in [1.54, 1.807) is 13.8 Å². The number of hydrogen-bond donors (Lipinski definition) is 2. The fourth-order valence-electron chi connectivity index (χ4n) is 2.11. The number of hydrogen-bond acceptors (Lipinski definition) is 4. The summed E-state index contributed by atoms with van der Waals surface area (Å²) in [4.78, 5) is 27.8. The Bertz CT molecular complexity index is 667. The van der Waals surface area contributed by atoms with Crippen molar-refractivity contribution in [3.8, 4) is 0 Å². The van der Waals surface area contributed by atoms with Gasteiger partial charge in [-0.15, -0.1) is 11.3 Å². The van der Waals surface area contributed by atoms with Crippen LogP contribution in [0.25, 0.3) is 0 Å². The van der Waals surface area contributed by atoms with E-state index in [9.17, 15) is 9.59 Å². The largest absolute Gasteiger partial charge is 0.481 e. The molecular formula is C16H18N2O3S. The molecule has 0 aliphatic carbocycles. The van der Waals surface area contributed by atoms with Crippen molar-refractivity contribution < 1.29 is 14.7 Å². The molecule has 2 N–H and O–H groups in total. The van der Waals surface area contributed by atoms with E-state index in [0.29, 0.717) is 17.0 Å². The molecule has 0 saturated heterocycles. The van der Waals surface area contributed by atoms with Crippen molar-refractivity contribution >= 4 is 23.2 Å². The van der Waals surface area contributed by atoms with E-state index in [4.69, 9.17) is 5.11 Å². The van der Waals surface area contributed by atoms with Crippen molar-refractivity contribution in [3.63, 3.8) is 0 Å². The Hall–Kier alpha value is -2.21. The van der Waals surface area contributed by atoms with Crippen LogP contribution in [0.3, 0.4) is 0 Å². The summed E-state index contributed by atoms with van der Waals surface area (Å²) < 4.78 is 0. The molecule has 2 rings (SSSR count). The van der Waals surface area contributed by atoms with Crippen LogP contribution >= 0.6 is 11.3 Å². The number of aliphatic carboxylic acids is 1. The van der Waals surface area contributed by atoms with Gasteiger partial charge < -0.3 is 10.4 Å². The molecule has 0 fully saturated rings. The summed E-state index contributed by atoms with van der Waals surface area (Å²) in [6, 6.07) is 9.52. The van der Waals surface area contributed by atoms with E-state index in [2.05, 4.69) is 10.3 Å². The van der Waals surface area contributed by atoms with Gasteiger partial charge in [-0.1, -0.05) is 30.3 Å². The predicted molar refractivity (Wildman–Crippen MR) is 85.3 cm³/mol. The van der Waals surface area contributed by atoms with Gasteiger partial charge >= 0.3 is 5.97 Å². The maximum Gasteiger partial charge on any atom is 0.305 e. The number of carboxylic acid groups (broad SMARTS) is 1. The topological polar surface area (TPSA) is 79.3 Å². The lowest BCUT2D eigenvalue weighted by Crippen LogP contribution is -2.34. The second kappa shape index (κ2) is 7.17. The molecule has 0 saturated carbocycles. The van der Waals surface area contributed by atoms with Gasteiger partial charge in [-0.05, 0) is 19.4 Å². The molecule has 0 aliphatic heterocycles. The third-order valence-corrected chi connectivity index (χ3v) is 4.26. The van der Waals surface area contributed by atoms with Gasteiger partial charge in [-0.25, -0.2) is 4.98 Å². The summed E-state index contributed by atoms with van der Waals surface area (Å²) in [7, 11) is 0. The highest BCUT2D eigenvalue weighted by atomic mass is 32.1. The highest BCUT2D eigenvalue weighted by Crippen LogP contribution is 2.21. The quantitative estimate of drug-likeness (QED) is 0.858. The zero-order valence-electron chi connectivity index (χ0n) is 12.5. The number of rotatable bonds is 6. The van der Waals surface area contributed by atoms with Crippen molar-refractivity contribution in [2.45, 2.75) is 32.7 Å². The molecular weight excluding hydrogens is 300 g/mol. The molecule has 2 aromatic rings. The van der Waals surface area contributed by atoms with Crippen LogP contribution in [0.15, 0.2) is 30.3 Å². The first kappa shape index (κ1) is 16.2. The van der Waals surface area contributed by atoms with Gasteiger partial charge in [0.2, 0.25) is 0 Å². The normalized spacial score (nSPS) is 11.9. The van der Waals surface area contributed by atoms with Crippen LogP contribution in [0, 0.1) is 6.92 Å². The molecule has 22 heavy (non-hydrogen) atoms. The highest BCUT2D eigenvalue weighted by molar-refractivity contribution is 7.13. The van der Waals surface area contributed by atoms with Crippen molar-refractivity contribution in [2.75, 3.05) is 0 Å². The third-order valence-electron chi connectivity index (χ3n) is 3.10. The Morgan fingerprint density at radius 2 is 2.00 bits per heavy atom. The molecule has 1 unspecified atom stereocenters. The van der Waals surface area contributed by atoms with Crippen LogP contribution in [0.2, 0.25) is 0 Å². The highest BCUT2D eigenvalue weighted by Gasteiger charge is 2.18. The number of aryl methyl sites for hydroxylation is 1. The third kappa shape index (κ3) is 4.39. The Labute approximate surface area is 133 Å². The van der Waals surface area contributed by atoms with Crippen LogP contribution in [0.5, 0.6) is 0 Å². The molecule has 1 aromatic heterocycles. The molecule has 1 amide bonds. The van der Waals surface area contributed by atoms with Crippen molar-refractivity contribution in [3.05, 3.63) is 51.5 Å². The van der Waals surface area contributed by atoms with Gasteiger partial charge in [-0.2, -0.15) is 0 Å². The fourth-order valence-corrected chi connectivity index (χ4v) is 3.11. The number of benzene rings is 1. The Morgan fingerprint density at radius 3 is 2.64 bits per heavy atom. The van der Waals surface area contributed by atoms with E-state index in [0.717, 1.165) is 10.6 Å². The first-order valence-corrected chi connectivity index (χ1v) is 7.80. The molecule has 6 heteroatoms. The standard InChI is InChI=1S/C16H18N2O3S/c1-10(8-14(19)20)17-16(21)15-11(2)18-13(22-15)9-12-6-4-3-5-7-12/h3-7,10H,8-9H2,1-2H3,(H,17,21)(H,19,20). The second-order valence-electron chi connectivity index (χ2n) is 5.16. The number of carboxylic acids is 1. The van der Waals surface area contributed by atoms with Gasteiger partial charge in [0.25, 0.3) is 5.91 Å². The minimum absolute atomic E-state index is 0.0968. The van der Waals surface area contributed by atoms with Crippen molar-refractivity contribution in [2.24, 2.45) is 0 Å². The smallest absolute Gasteiger partial charge is 0.305 e. The number of nitrogens with one attached hydrogen (secondary N) is 1. The molecule has 0 bridgehead atoms. The summed E-state index contributed by atoms with van der Waals surface area (Å²) in [6.45, 7) is 3.47. The fraction of sp³-hybridized carbons (Fsp3) is 0.312. The summed E-state index contributed by atoms with van der Waals surface area (Å²) in [5.74, 6) is -1.19. The molecule has 0 aliphatic rings. The van der Waals surface area contributed by atoms with Gasteiger partial charge in [0.1, 0.15) is 4.88 Å². The lowest BCUT2D eigenvalue weighted by atomic mass is 10.2. The van der Waals surface area contributed by atoms with Gasteiger partial charge in [0.15, 0.2) is 0 Å². The van der Waals surface area contributed by atoms with E-state index < -0.39 is 12.0 Å². The maximum absolute atomic E-state index is 12.2. The monoisotopic (exact) mass is 318 g/mol. The van der Waals surface area contributed by atoms with E-state index in [1.807, 2.05) is 30.3 Å². The number of thiazole rings is 1. The number of carbonyl (C=O) groups is 2. The number of carbonyl (C=O) groups excluding carboxylic acids is 1. The SMILES string of the molecule is Cc1nc(Cc2ccccc2)sc1C(=O)NC(C)CC(=O)O. The molecule has 116 valence electrons. The molecule has 1 heterocycles. The summed E-state index contributed by atoms with van der Waals surface area (Å²) >= 11 is 1.35. The minimum Gasteiger partial charge on any atom is -0.481 e. The first-order chi connectivity index (χ1) is 10.5. The minimum atomic E-state index is -0.932. The molecule has 1 atom stereocenters. The Balaban J connectivity index is 2.06. The molecule has 1 aromatic carbocycles. The number of aromatic nitrogens is 1. The van der Waals surface area contributed by atoms with E-state index >= 15 is 0 Å². The number of nitrogens with zero attached hydrogens (tertiary/aromatic N) is 1. The summed E-state index contributed by atoms with van der Waals surface area (Å²) in [5.41, 5.74) is 1.82. The van der Waals surface area contributed by atoms with Crippen LogP contribution in [-0.2, 0) is 11.2 Å². The summed E-state index contributed by atoms with van der Waals surface area (Å²) in [5, 5.41) is 12.3. The summed E-state index contributed by atoms with van der Waals surface area (Å²) in [6.07, 6.45) is 0.588. The Morgan fingerprint density at radius 1 is 1.32 bits per heavy atom. The van der Waals surface area contributed by atoms with Gasteiger partial charge in [0, 0.05) is 12.5 Å². The molecule has 0 radical (unpaired) electrons. The lowest BCUT2D eigenvalue weighted by Gasteiger charge is -2.10. The number of amides is 1. The van der Waals surface area contributed by atoms with Crippen molar-refractivity contribution in [1.29, 1.82) is 0 Å². The Kier molecular flexibility index (Phi) is 5.27. The average Bonchev–Trinajstić information content (AvgIpc) is 2.79. The van der Waals surface area contributed by atoms with Crippen LogP contribution in [0.1, 0.15) is 39.3 Å². The van der Waals surface area contributed by atoms with E-state index in [-0.39, 0.29) is 12.3 Å². The molecule has 0 spiro atoms.